The summed E-state index contributed by atoms with van der Waals surface area (Å²) in [6, 6.07) is 14.4. The molecule has 4 rings (SSSR count). The Morgan fingerprint density at radius 2 is 1.45 bits per heavy atom. The summed E-state index contributed by atoms with van der Waals surface area (Å²) in [7, 11) is -3.44. The Balaban J connectivity index is 1.27. The summed E-state index contributed by atoms with van der Waals surface area (Å²) in [4.78, 5) is 15.0. The van der Waals surface area contributed by atoms with Crippen molar-refractivity contribution >= 4 is 15.9 Å². The molecule has 0 atom stereocenters. The number of sulfonamides is 1. The smallest absolute Gasteiger partial charge is 0.243 e. The molecular weight excluding hydrogens is 436 g/mol. The lowest BCUT2D eigenvalue weighted by molar-refractivity contribution is -0.132. The van der Waals surface area contributed by atoms with E-state index in [9.17, 15) is 18.3 Å². The third-order valence-corrected chi connectivity index (χ3v) is 8.88. The second-order valence-electron chi connectivity index (χ2n) is 9.21. The third kappa shape index (κ3) is 5.95. The van der Waals surface area contributed by atoms with Gasteiger partial charge in [0.05, 0.1) is 4.90 Å². The molecule has 2 aromatic carbocycles. The van der Waals surface area contributed by atoms with Gasteiger partial charge in [0.15, 0.2) is 0 Å². The Morgan fingerprint density at radius 1 is 0.848 bits per heavy atom. The molecule has 2 saturated heterocycles. The molecular formula is C26H34N2O4S. The van der Waals surface area contributed by atoms with E-state index < -0.39 is 10.0 Å². The van der Waals surface area contributed by atoms with Crippen molar-refractivity contribution in [2.24, 2.45) is 0 Å². The molecule has 2 aliphatic rings. The van der Waals surface area contributed by atoms with Crippen LogP contribution in [0, 0.1) is 0 Å². The maximum absolute atomic E-state index is 12.9. The normalized spacial score (nSPS) is 18.7. The predicted molar refractivity (Wildman–Crippen MR) is 129 cm³/mol. The summed E-state index contributed by atoms with van der Waals surface area (Å²) in [5.41, 5.74) is 2.20. The average Bonchev–Trinajstić information content (AvgIpc) is 3.14. The number of carbonyl (C=O) groups excluding carboxylic acids is 1. The second kappa shape index (κ2) is 10.7. The fraction of sp³-hybridized carbons (Fsp3) is 0.500. The molecule has 178 valence electrons. The van der Waals surface area contributed by atoms with Gasteiger partial charge in [-0.2, -0.15) is 4.31 Å². The van der Waals surface area contributed by atoms with Gasteiger partial charge in [0.2, 0.25) is 15.9 Å². The molecule has 0 spiro atoms. The van der Waals surface area contributed by atoms with Gasteiger partial charge in [-0.3, -0.25) is 4.79 Å². The number of carbonyl (C=O) groups is 1. The number of phenols is 1. The van der Waals surface area contributed by atoms with Gasteiger partial charge in [0, 0.05) is 32.6 Å². The highest BCUT2D eigenvalue weighted by Crippen LogP contribution is 2.29. The maximum Gasteiger partial charge on any atom is 0.243 e. The summed E-state index contributed by atoms with van der Waals surface area (Å²) in [6.07, 6.45) is 6.93. The molecule has 0 aromatic heterocycles. The highest BCUT2D eigenvalue weighted by Gasteiger charge is 2.26. The van der Waals surface area contributed by atoms with Crippen molar-refractivity contribution in [3.05, 3.63) is 59.7 Å². The average molecular weight is 471 g/mol. The van der Waals surface area contributed by atoms with Crippen LogP contribution in [0.15, 0.2) is 53.4 Å². The van der Waals surface area contributed by atoms with Crippen LogP contribution in [0.5, 0.6) is 5.75 Å². The van der Waals surface area contributed by atoms with E-state index in [4.69, 9.17) is 0 Å². The Morgan fingerprint density at radius 3 is 2.06 bits per heavy atom. The Labute approximate surface area is 197 Å². The van der Waals surface area contributed by atoms with Crippen molar-refractivity contribution in [2.75, 3.05) is 26.2 Å². The van der Waals surface area contributed by atoms with Crippen molar-refractivity contribution in [3.8, 4) is 5.75 Å². The van der Waals surface area contributed by atoms with Crippen LogP contribution in [0.2, 0.25) is 0 Å². The first-order valence-electron chi connectivity index (χ1n) is 12.1. The largest absolute Gasteiger partial charge is 0.508 e. The molecule has 33 heavy (non-hydrogen) atoms. The van der Waals surface area contributed by atoms with E-state index in [1.165, 1.54) is 5.56 Å². The van der Waals surface area contributed by atoms with E-state index in [1.54, 1.807) is 28.6 Å². The van der Waals surface area contributed by atoms with Crippen LogP contribution in [0.4, 0.5) is 0 Å². The number of aryl methyl sites for hydroxylation is 1. The number of aromatic hydroxyl groups is 1. The Bertz CT molecular complexity index is 1020. The van der Waals surface area contributed by atoms with E-state index in [-0.39, 0.29) is 11.7 Å². The van der Waals surface area contributed by atoms with Gasteiger partial charge in [-0.1, -0.05) is 37.1 Å². The number of nitrogens with zero attached hydrogens (tertiary/aromatic N) is 2. The van der Waals surface area contributed by atoms with Crippen LogP contribution in [-0.4, -0.2) is 54.8 Å². The van der Waals surface area contributed by atoms with Crippen molar-refractivity contribution in [1.29, 1.82) is 0 Å². The molecule has 6 nitrogen and oxygen atoms in total. The number of phenolic OH excluding ortho intramolecular Hbond substituents is 1. The number of hydrogen-bond acceptors (Lipinski definition) is 4. The highest BCUT2D eigenvalue weighted by molar-refractivity contribution is 7.89. The zero-order chi connectivity index (χ0) is 23.3. The second-order valence-corrected chi connectivity index (χ2v) is 11.1. The molecule has 1 N–H and O–H groups in total. The number of likely N-dealkylation sites (tertiary alicyclic amines) is 1. The summed E-state index contributed by atoms with van der Waals surface area (Å²) in [6.45, 7) is 2.69. The third-order valence-electron chi connectivity index (χ3n) is 6.97. The van der Waals surface area contributed by atoms with Crippen molar-refractivity contribution in [2.45, 2.75) is 62.2 Å². The number of piperidine rings is 1. The number of hydrogen-bond donors (Lipinski definition) is 1. The lowest BCUT2D eigenvalue weighted by Crippen LogP contribution is -2.38. The molecule has 0 saturated carbocycles. The van der Waals surface area contributed by atoms with Gasteiger partial charge in [-0.05, 0) is 73.4 Å². The van der Waals surface area contributed by atoms with Gasteiger partial charge < -0.3 is 10.0 Å². The molecule has 7 heteroatoms. The van der Waals surface area contributed by atoms with Crippen LogP contribution < -0.4 is 0 Å². The summed E-state index contributed by atoms with van der Waals surface area (Å²) < 4.78 is 27.5. The minimum Gasteiger partial charge on any atom is -0.508 e. The molecule has 2 aliphatic heterocycles. The first-order chi connectivity index (χ1) is 15.9. The molecule has 0 bridgehead atoms. The van der Waals surface area contributed by atoms with E-state index >= 15 is 0 Å². The molecule has 1 amide bonds. The van der Waals surface area contributed by atoms with Crippen molar-refractivity contribution in [3.63, 3.8) is 0 Å². The summed E-state index contributed by atoms with van der Waals surface area (Å²) in [5, 5.41) is 9.46. The Kier molecular flexibility index (Phi) is 7.71. The lowest BCUT2D eigenvalue weighted by Gasteiger charge is -2.32. The first-order valence-corrected chi connectivity index (χ1v) is 13.5. The van der Waals surface area contributed by atoms with Crippen LogP contribution in [0.1, 0.15) is 62.0 Å². The molecule has 0 radical (unpaired) electrons. The SMILES string of the molecule is O=C(CCc1ccc(S(=O)(=O)N2CCCCCC2)cc1)N1CCC(c2ccc(O)cc2)CC1. The van der Waals surface area contributed by atoms with E-state index in [1.807, 2.05) is 29.2 Å². The van der Waals surface area contributed by atoms with Gasteiger partial charge in [-0.15, -0.1) is 0 Å². The molecule has 2 heterocycles. The summed E-state index contributed by atoms with van der Waals surface area (Å²) in [5.74, 6) is 0.854. The van der Waals surface area contributed by atoms with Crippen LogP contribution in [-0.2, 0) is 21.2 Å². The molecule has 0 unspecified atom stereocenters. The topological polar surface area (TPSA) is 77.9 Å². The van der Waals surface area contributed by atoms with E-state index in [0.717, 1.165) is 57.2 Å². The Hall–Kier alpha value is -2.38. The molecule has 0 aliphatic carbocycles. The van der Waals surface area contributed by atoms with E-state index in [2.05, 4.69) is 0 Å². The molecule has 2 fully saturated rings. The van der Waals surface area contributed by atoms with Crippen molar-refractivity contribution < 1.29 is 18.3 Å². The fourth-order valence-corrected chi connectivity index (χ4v) is 6.39. The zero-order valence-electron chi connectivity index (χ0n) is 19.2. The van der Waals surface area contributed by atoms with Crippen molar-refractivity contribution in [1.82, 2.24) is 9.21 Å². The van der Waals surface area contributed by atoms with Gasteiger partial charge in [-0.25, -0.2) is 8.42 Å². The molecule has 2 aromatic rings. The van der Waals surface area contributed by atoms with Gasteiger partial charge >= 0.3 is 0 Å². The van der Waals surface area contributed by atoms with Gasteiger partial charge in [0.1, 0.15) is 5.75 Å². The first kappa shape index (κ1) is 23.8. The van der Waals surface area contributed by atoms with Crippen LogP contribution >= 0.6 is 0 Å². The monoisotopic (exact) mass is 470 g/mol. The lowest BCUT2D eigenvalue weighted by atomic mass is 9.89. The minimum absolute atomic E-state index is 0.153. The maximum atomic E-state index is 12.9. The van der Waals surface area contributed by atoms with Gasteiger partial charge in [0.25, 0.3) is 0 Å². The number of rotatable bonds is 6. The standard InChI is InChI=1S/C26H34N2O4S/c29-24-10-8-22(9-11-24)23-15-19-27(20-16-23)26(30)14-7-21-5-12-25(13-6-21)33(31,32)28-17-3-1-2-4-18-28/h5-6,8-13,23,29H,1-4,7,14-20H2. The minimum atomic E-state index is -3.44. The zero-order valence-corrected chi connectivity index (χ0v) is 20.0. The predicted octanol–water partition coefficient (Wildman–Crippen LogP) is 4.30. The van der Waals surface area contributed by atoms with E-state index in [0.29, 0.717) is 36.7 Å². The quantitative estimate of drug-likeness (QED) is 0.683. The summed E-state index contributed by atoms with van der Waals surface area (Å²) >= 11 is 0. The number of amides is 1. The van der Waals surface area contributed by atoms with Crippen LogP contribution in [0.25, 0.3) is 0 Å². The fourth-order valence-electron chi connectivity index (χ4n) is 4.88. The number of benzene rings is 2. The highest BCUT2D eigenvalue weighted by atomic mass is 32.2. The van der Waals surface area contributed by atoms with Crippen LogP contribution in [0.3, 0.4) is 0 Å².